The predicted molar refractivity (Wildman–Crippen MR) is 64.0 cm³/mol. The van der Waals surface area contributed by atoms with Crippen LogP contribution < -0.4 is 0 Å². The van der Waals surface area contributed by atoms with Gasteiger partial charge >= 0.3 is 5.97 Å². The van der Waals surface area contributed by atoms with E-state index in [-0.39, 0.29) is 6.10 Å². The monoisotopic (exact) mass is 253 g/mol. The summed E-state index contributed by atoms with van der Waals surface area (Å²) in [4.78, 5) is 16.6. The van der Waals surface area contributed by atoms with Crippen molar-refractivity contribution < 1.29 is 14.4 Å². The van der Waals surface area contributed by atoms with Crippen LogP contribution in [0.25, 0.3) is 0 Å². The van der Waals surface area contributed by atoms with E-state index in [0.717, 1.165) is 5.56 Å². The molecule has 1 aliphatic heterocycles. The fourth-order valence-electron chi connectivity index (χ4n) is 1.62. The lowest BCUT2D eigenvalue weighted by Gasteiger charge is -2.09. The minimum absolute atomic E-state index is 0.303. The Morgan fingerprint density at radius 1 is 1.59 bits per heavy atom. The highest BCUT2D eigenvalue weighted by molar-refractivity contribution is 6.37. The van der Waals surface area contributed by atoms with Gasteiger partial charge in [-0.1, -0.05) is 35.0 Å². The van der Waals surface area contributed by atoms with E-state index in [0.29, 0.717) is 23.8 Å². The number of benzene rings is 1. The van der Waals surface area contributed by atoms with Crippen LogP contribution >= 0.6 is 11.6 Å². The van der Waals surface area contributed by atoms with Crippen molar-refractivity contribution in [2.45, 2.75) is 19.4 Å². The molecule has 0 spiro atoms. The van der Waals surface area contributed by atoms with Crippen LogP contribution in [0.1, 0.15) is 25.0 Å². The largest absolute Gasteiger partial charge is 0.461 e. The molecule has 90 valence electrons. The second-order valence-corrected chi connectivity index (χ2v) is 3.99. The summed E-state index contributed by atoms with van der Waals surface area (Å²) in [5.41, 5.74) is 1.13. The van der Waals surface area contributed by atoms with Crippen molar-refractivity contribution in [3.05, 3.63) is 34.9 Å². The first kappa shape index (κ1) is 11.9. The van der Waals surface area contributed by atoms with Gasteiger partial charge in [-0.05, 0) is 13.0 Å². The Kier molecular flexibility index (Phi) is 3.64. The van der Waals surface area contributed by atoms with Gasteiger partial charge in [0.25, 0.3) is 0 Å². The third kappa shape index (κ3) is 2.58. The average Bonchev–Trinajstić information content (AvgIpc) is 2.79. The van der Waals surface area contributed by atoms with Crippen LogP contribution in [0.3, 0.4) is 0 Å². The van der Waals surface area contributed by atoms with Crippen LogP contribution in [0.5, 0.6) is 0 Å². The Bertz CT molecular complexity index is 459. The molecular formula is C12H12ClNO3. The van der Waals surface area contributed by atoms with Crippen molar-refractivity contribution in [2.24, 2.45) is 5.16 Å². The summed E-state index contributed by atoms with van der Waals surface area (Å²) >= 11 is 6.05. The zero-order chi connectivity index (χ0) is 12.3. The predicted octanol–water partition coefficient (Wildman–Crippen LogP) is 2.72. The normalized spacial score (nSPS) is 18.5. The Morgan fingerprint density at radius 2 is 2.35 bits per heavy atom. The van der Waals surface area contributed by atoms with E-state index in [1.54, 1.807) is 13.0 Å². The van der Waals surface area contributed by atoms with Crippen molar-refractivity contribution in [2.75, 3.05) is 6.61 Å². The molecule has 0 fully saturated rings. The highest BCUT2D eigenvalue weighted by atomic mass is 35.5. The number of rotatable bonds is 3. The first-order valence-corrected chi connectivity index (χ1v) is 5.74. The summed E-state index contributed by atoms with van der Waals surface area (Å²) in [5, 5.41) is 4.35. The standard InChI is InChI=1S/C12H12ClNO3/c1-2-16-12(15)10-7-11(17-14-10)8-5-3-4-6-9(8)13/h3-6,11H,2,7H2,1H3. The van der Waals surface area contributed by atoms with Gasteiger partial charge in [0.1, 0.15) is 0 Å². The number of carbonyl (C=O) groups excluding carboxylic acids is 1. The lowest BCUT2D eigenvalue weighted by atomic mass is 10.0. The molecule has 2 rings (SSSR count). The smallest absolute Gasteiger partial charge is 0.356 e. The fraction of sp³-hybridized carbons (Fsp3) is 0.333. The summed E-state index contributed by atoms with van der Waals surface area (Å²) < 4.78 is 4.86. The minimum atomic E-state index is -0.429. The summed E-state index contributed by atoms with van der Waals surface area (Å²) in [5.74, 6) is -0.429. The minimum Gasteiger partial charge on any atom is -0.461 e. The maximum absolute atomic E-state index is 11.4. The molecule has 1 atom stereocenters. The third-order valence-corrected chi connectivity index (χ3v) is 2.78. The highest BCUT2D eigenvalue weighted by Crippen LogP contribution is 2.32. The second-order valence-electron chi connectivity index (χ2n) is 3.58. The number of hydrogen-bond donors (Lipinski definition) is 0. The van der Waals surface area contributed by atoms with E-state index in [1.807, 2.05) is 18.2 Å². The molecule has 0 N–H and O–H groups in total. The van der Waals surface area contributed by atoms with E-state index >= 15 is 0 Å². The van der Waals surface area contributed by atoms with E-state index < -0.39 is 5.97 Å². The van der Waals surface area contributed by atoms with Gasteiger partial charge < -0.3 is 9.57 Å². The molecule has 0 bridgehead atoms. The Balaban J connectivity index is 2.06. The van der Waals surface area contributed by atoms with Gasteiger partial charge in [-0.15, -0.1) is 0 Å². The van der Waals surface area contributed by atoms with Crippen molar-refractivity contribution in [3.63, 3.8) is 0 Å². The molecule has 0 aromatic heterocycles. The van der Waals surface area contributed by atoms with Gasteiger partial charge in [-0.3, -0.25) is 0 Å². The SMILES string of the molecule is CCOC(=O)C1=NOC(c2ccccc2Cl)C1. The molecule has 1 aliphatic rings. The van der Waals surface area contributed by atoms with Crippen LogP contribution in [-0.2, 0) is 14.4 Å². The zero-order valence-corrected chi connectivity index (χ0v) is 10.1. The molecular weight excluding hydrogens is 242 g/mol. The Labute approximate surface area is 104 Å². The maximum Gasteiger partial charge on any atom is 0.356 e. The molecule has 1 unspecified atom stereocenters. The van der Waals surface area contributed by atoms with Crippen molar-refractivity contribution >= 4 is 23.3 Å². The number of hydrogen-bond acceptors (Lipinski definition) is 4. The molecule has 1 heterocycles. The first-order valence-electron chi connectivity index (χ1n) is 5.36. The number of oxime groups is 1. The van der Waals surface area contributed by atoms with Gasteiger partial charge in [0, 0.05) is 17.0 Å². The number of carbonyl (C=O) groups is 1. The summed E-state index contributed by atoms with van der Waals surface area (Å²) in [6.45, 7) is 2.08. The van der Waals surface area contributed by atoms with Gasteiger partial charge in [0.2, 0.25) is 0 Å². The quantitative estimate of drug-likeness (QED) is 0.778. The summed E-state index contributed by atoms with van der Waals surface area (Å²) in [7, 11) is 0. The fourth-order valence-corrected chi connectivity index (χ4v) is 1.87. The maximum atomic E-state index is 11.4. The van der Waals surface area contributed by atoms with Gasteiger partial charge in [0.05, 0.1) is 6.61 Å². The van der Waals surface area contributed by atoms with Crippen molar-refractivity contribution in [1.82, 2.24) is 0 Å². The van der Waals surface area contributed by atoms with E-state index in [1.165, 1.54) is 0 Å². The van der Waals surface area contributed by atoms with Crippen LogP contribution in [0, 0.1) is 0 Å². The Hall–Kier alpha value is -1.55. The van der Waals surface area contributed by atoms with Crippen LogP contribution in [0.15, 0.2) is 29.4 Å². The summed E-state index contributed by atoms with van der Waals surface area (Å²) in [6.07, 6.45) is 0.0888. The van der Waals surface area contributed by atoms with E-state index in [2.05, 4.69) is 5.16 Å². The number of esters is 1. The van der Waals surface area contributed by atoms with Gasteiger partial charge in [0.15, 0.2) is 11.8 Å². The topological polar surface area (TPSA) is 47.9 Å². The third-order valence-electron chi connectivity index (χ3n) is 2.43. The highest BCUT2D eigenvalue weighted by Gasteiger charge is 2.29. The lowest BCUT2D eigenvalue weighted by Crippen LogP contribution is -2.16. The van der Waals surface area contributed by atoms with Crippen molar-refractivity contribution in [1.29, 1.82) is 0 Å². The van der Waals surface area contributed by atoms with Crippen LogP contribution in [-0.4, -0.2) is 18.3 Å². The average molecular weight is 254 g/mol. The molecule has 0 aliphatic carbocycles. The van der Waals surface area contributed by atoms with Crippen LogP contribution in [0.2, 0.25) is 5.02 Å². The lowest BCUT2D eigenvalue weighted by molar-refractivity contribution is -0.135. The number of ether oxygens (including phenoxy) is 1. The van der Waals surface area contributed by atoms with Gasteiger partial charge in [-0.25, -0.2) is 4.79 Å². The molecule has 17 heavy (non-hydrogen) atoms. The second kappa shape index (κ2) is 5.19. The molecule has 1 aromatic rings. The Morgan fingerprint density at radius 3 is 3.06 bits per heavy atom. The van der Waals surface area contributed by atoms with E-state index in [9.17, 15) is 4.79 Å². The molecule has 0 radical (unpaired) electrons. The zero-order valence-electron chi connectivity index (χ0n) is 9.35. The molecule has 5 heteroatoms. The van der Waals surface area contributed by atoms with Crippen LogP contribution in [0.4, 0.5) is 0 Å². The summed E-state index contributed by atoms with van der Waals surface area (Å²) in [6, 6.07) is 7.35. The van der Waals surface area contributed by atoms with E-state index in [4.69, 9.17) is 21.2 Å². The molecule has 0 amide bonds. The number of nitrogens with zero attached hydrogens (tertiary/aromatic N) is 1. The molecule has 1 aromatic carbocycles. The molecule has 4 nitrogen and oxygen atoms in total. The first-order chi connectivity index (χ1) is 8.22. The number of halogens is 1. The molecule has 0 saturated carbocycles. The van der Waals surface area contributed by atoms with Crippen molar-refractivity contribution in [3.8, 4) is 0 Å². The molecule has 0 saturated heterocycles. The van der Waals surface area contributed by atoms with Gasteiger partial charge in [-0.2, -0.15) is 0 Å².